The molecule has 1 N–H and O–H groups in total. The molecule has 0 aromatic heterocycles. The van der Waals surface area contributed by atoms with Gasteiger partial charge in [0.1, 0.15) is 12.3 Å². The molecule has 30 heavy (non-hydrogen) atoms. The molecule has 2 aromatic rings. The lowest BCUT2D eigenvalue weighted by Crippen LogP contribution is -2.39. The van der Waals surface area contributed by atoms with E-state index in [1.165, 1.54) is 6.21 Å². The third kappa shape index (κ3) is 7.18. The third-order valence-electron chi connectivity index (χ3n) is 4.17. The average Bonchev–Trinajstić information content (AvgIpc) is 2.65. The van der Waals surface area contributed by atoms with Crippen molar-refractivity contribution in [2.24, 2.45) is 11.0 Å². The Hall–Kier alpha value is -2.87. The second kappa shape index (κ2) is 10.2. The normalized spacial score (nSPS) is 11.7. The molecule has 0 atom stereocenters. The van der Waals surface area contributed by atoms with E-state index < -0.39 is 15.9 Å². The van der Waals surface area contributed by atoms with Crippen molar-refractivity contribution in [3.63, 3.8) is 0 Å². The summed E-state index contributed by atoms with van der Waals surface area (Å²) < 4.78 is 31.1. The number of benzene rings is 2. The smallest absolute Gasteiger partial charge is 0.260 e. The van der Waals surface area contributed by atoms with Crippen LogP contribution in [0.15, 0.2) is 47.6 Å². The molecular weight excluding hydrogens is 402 g/mol. The van der Waals surface area contributed by atoms with E-state index in [0.717, 1.165) is 33.0 Å². The van der Waals surface area contributed by atoms with E-state index in [1.807, 2.05) is 50.2 Å². The molecule has 162 valence electrons. The van der Waals surface area contributed by atoms with Crippen LogP contribution in [0.4, 0.5) is 5.69 Å². The number of anilines is 1. The van der Waals surface area contributed by atoms with Crippen molar-refractivity contribution in [2.75, 3.05) is 23.7 Å². The number of amides is 1. The van der Waals surface area contributed by atoms with Gasteiger partial charge in [0.2, 0.25) is 10.0 Å². The van der Waals surface area contributed by atoms with E-state index in [4.69, 9.17) is 4.74 Å². The Kier molecular flexibility index (Phi) is 8.00. The summed E-state index contributed by atoms with van der Waals surface area (Å²) in [7, 11) is -3.64. The highest BCUT2D eigenvalue weighted by molar-refractivity contribution is 7.92. The Morgan fingerprint density at radius 2 is 1.83 bits per heavy atom. The van der Waals surface area contributed by atoms with E-state index in [9.17, 15) is 13.2 Å². The molecule has 0 aliphatic heterocycles. The van der Waals surface area contributed by atoms with Crippen LogP contribution in [0.1, 0.15) is 30.5 Å². The molecule has 0 aliphatic rings. The van der Waals surface area contributed by atoms with Crippen LogP contribution in [0.3, 0.4) is 0 Å². The minimum absolute atomic E-state index is 0.359. The minimum atomic E-state index is -3.64. The van der Waals surface area contributed by atoms with Crippen molar-refractivity contribution in [2.45, 2.75) is 27.7 Å². The molecule has 0 fully saturated rings. The standard InChI is InChI=1S/C22H29N3O4S/c1-16(2)15-29-20-9-7-19(8-10-20)13-23-24-22(26)14-25(30(5,27)28)21-11-6-17(3)12-18(21)4/h6-13,16H,14-15H2,1-5H3,(H,24,26)/b23-13-. The zero-order valence-electron chi connectivity index (χ0n) is 18.0. The van der Waals surface area contributed by atoms with Crippen LogP contribution in [0.25, 0.3) is 0 Å². The first-order valence-electron chi connectivity index (χ1n) is 9.66. The first kappa shape index (κ1) is 23.4. The number of nitrogens with one attached hydrogen (secondary N) is 1. The number of hydrogen-bond acceptors (Lipinski definition) is 5. The zero-order chi connectivity index (χ0) is 22.3. The lowest BCUT2D eigenvalue weighted by molar-refractivity contribution is -0.119. The summed E-state index contributed by atoms with van der Waals surface area (Å²) in [4.78, 5) is 12.3. The van der Waals surface area contributed by atoms with Gasteiger partial charge < -0.3 is 4.74 Å². The molecule has 0 aliphatic carbocycles. The van der Waals surface area contributed by atoms with Gasteiger partial charge in [-0.2, -0.15) is 5.10 Å². The molecule has 7 nitrogen and oxygen atoms in total. The summed E-state index contributed by atoms with van der Waals surface area (Å²) in [6.45, 7) is 8.17. The number of ether oxygens (including phenoxy) is 1. The summed E-state index contributed by atoms with van der Waals surface area (Å²) in [6, 6.07) is 12.7. The monoisotopic (exact) mass is 431 g/mol. The zero-order valence-corrected chi connectivity index (χ0v) is 18.9. The molecule has 0 saturated carbocycles. The summed E-state index contributed by atoms with van der Waals surface area (Å²) >= 11 is 0. The van der Waals surface area contributed by atoms with Crippen molar-refractivity contribution in [3.05, 3.63) is 59.2 Å². The van der Waals surface area contributed by atoms with Crippen LogP contribution >= 0.6 is 0 Å². The van der Waals surface area contributed by atoms with Gasteiger partial charge in [-0.05, 0) is 61.2 Å². The molecule has 1 amide bonds. The highest BCUT2D eigenvalue weighted by Crippen LogP contribution is 2.23. The van der Waals surface area contributed by atoms with Crippen LogP contribution in [-0.2, 0) is 14.8 Å². The van der Waals surface area contributed by atoms with Crippen molar-refractivity contribution in [1.82, 2.24) is 5.43 Å². The lowest BCUT2D eigenvalue weighted by Gasteiger charge is -2.23. The van der Waals surface area contributed by atoms with Crippen LogP contribution < -0.4 is 14.5 Å². The fourth-order valence-corrected chi connectivity index (χ4v) is 3.64. The van der Waals surface area contributed by atoms with Gasteiger partial charge in [-0.25, -0.2) is 13.8 Å². The molecule has 0 saturated heterocycles. The number of sulfonamides is 1. The van der Waals surface area contributed by atoms with Gasteiger partial charge in [-0.3, -0.25) is 9.10 Å². The van der Waals surface area contributed by atoms with Crippen molar-refractivity contribution < 1.29 is 17.9 Å². The predicted molar refractivity (Wildman–Crippen MR) is 121 cm³/mol. The Morgan fingerprint density at radius 3 is 2.40 bits per heavy atom. The van der Waals surface area contributed by atoms with Gasteiger partial charge >= 0.3 is 0 Å². The topological polar surface area (TPSA) is 88.1 Å². The molecule has 2 aromatic carbocycles. The van der Waals surface area contributed by atoms with Gasteiger partial charge in [0, 0.05) is 0 Å². The van der Waals surface area contributed by atoms with Gasteiger partial charge in [0.25, 0.3) is 5.91 Å². The minimum Gasteiger partial charge on any atom is -0.493 e. The van der Waals surface area contributed by atoms with E-state index in [2.05, 4.69) is 24.4 Å². The molecule has 0 bridgehead atoms. The van der Waals surface area contributed by atoms with Gasteiger partial charge in [0.05, 0.1) is 24.8 Å². The van der Waals surface area contributed by atoms with Crippen LogP contribution in [0.2, 0.25) is 0 Å². The highest BCUT2D eigenvalue weighted by Gasteiger charge is 2.22. The van der Waals surface area contributed by atoms with E-state index in [1.54, 1.807) is 6.07 Å². The van der Waals surface area contributed by atoms with Crippen molar-refractivity contribution in [3.8, 4) is 5.75 Å². The molecule has 0 unspecified atom stereocenters. The maximum Gasteiger partial charge on any atom is 0.260 e. The second-order valence-electron chi connectivity index (χ2n) is 7.63. The molecule has 0 heterocycles. The molecule has 8 heteroatoms. The number of rotatable bonds is 9. The molecule has 0 spiro atoms. The quantitative estimate of drug-likeness (QED) is 0.488. The molecule has 0 radical (unpaired) electrons. The van der Waals surface area contributed by atoms with E-state index in [0.29, 0.717) is 18.2 Å². The molecular formula is C22H29N3O4S. The number of nitrogens with zero attached hydrogens (tertiary/aromatic N) is 2. The fraction of sp³-hybridized carbons (Fsp3) is 0.364. The Labute approximate surface area is 178 Å². The number of hydrogen-bond donors (Lipinski definition) is 1. The second-order valence-corrected chi connectivity index (χ2v) is 9.53. The summed E-state index contributed by atoms with van der Waals surface area (Å²) in [5, 5.41) is 3.92. The summed E-state index contributed by atoms with van der Waals surface area (Å²) in [5.74, 6) is 0.673. The van der Waals surface area contributed by atoms with E-state index >= 15 is 0 Å². The largest absolute Gasteiger partial charge is 0.493 e. The van der Waals surface area contributed by atoms with Gasteiger partial charge in [-0.1, -0.05) is 31.5 Å². The van der Waals surface area contributed by atoms with Gasteiger partial charge in [-0.15, -0.1) is 0 Å². The first-order chi connectivity index (χ1) is 14.1. The SMILES string of the molecule is Cc1ccc(N(CC(=O)N/N=C\c2ccc(OCC(C)C)cc2)S(C)(=O)=O)c(C)c1. The predicted octanol–water partition coefficient (Wildman–Crippen LogP) is 3.25. The Balaban J connectivity index is 2.00. The van der Waals surface area contributed by atoms with Crippen LogP contribution in [0, 0.1) is 19.8 Å². The highest BCUT2D eigenvalue weighted by atomic mass is 32.2. The number of aryl methyl sites for hydroxylation is 2. The maximum absolute atomic E-state index is 12.3. The number of carbonyl (C=O) groups excluding carboxylic acids is 1. The molecule has 2 rings (SSSR count). The van der Waals surface area contributed by atoms with Crippen LogP contribution in [0.5, 0.6) is 5.75 Å². The first-order valence-corrected chi connectivity index (χ1v) is 11.5. The van der Waals surface area contributed by atoms with Gasteiger partial charge in [0.15, 0.2) is 0 Å². The maximum atomic E-state index is 12.3. The van der Waals surface area contributed by atoms with Crippen molar-refractivity contribution >= 4 is 27.8 Å². The number of hydrazone groups is 1. The van der Waals surface area contributed by atoms with Crippen LogP contribution in [-0.4, -0.2) is 39.9 Å². The number of carbonyl (C=O) groups is 1. The fourth-order valence-electron chi connectivity index (χ4n) is 2.72. The summed E-state index contributed by atoms with van der Waals surface area (Å²) in [5.41, 5.74) is 5.42. The van der Waals surface area contributed by atoms with E-state index in [-0.39, 0.29) is 6.54 Å². The Bertz CT molecular complexity index is 1000. The van der Waals surface area contributed by atoms with Crippen molar-refractivity contribution in [1.29, 1.82) is 0 Å². The third-order valence-corrected chi connectivity index (χ3v) is 5.30. The lowest BCUT2D eigenvalue weighted by atomic mass is 10.1. The Morgan fingerprint density at radius 1 is 1.17 bits per heavy atom. The average molecular weight is 432 g/mol. The summed E-state index contributed by atoms with van der Waals surface area (Å²) in [6.07, 6.45) is 2.57.